The van der Waals surface area contributed by atoms with Crippen LogP contribution in [0.25, 0.3) is 0 Å². The highest BCUT2D eigenvalue weighted by molar-refractivity contribution is 5.96. The third kappa shape index (κ3) is 2.79. The maximum Gasteiger partial charge on any atom is 0.218 e. The molecule has 1 aromatic heterocycles. The van der Waals surface area contributed by atoms with Crippen LogP contribution in [-0.4, -0.2) is 34.3 Å². The van der Waals surface area contributed by atoms with Crippen molar-refractivity contribution < 1.29 is 13.9 Å². The van der Waals surface area contributed by atoms with E-state index >= 15 is 0 Å². The number of carbonyl (C=O) groups excluding carboxylic acids is 1. The number of rotatable bonds is 5. The Labute approximate surface area is 134 Å². The lowest BCUT2D eigenvalue weighted by Gasteiger charge is -2.20. The topological polar surface area (TPSA) is 57.0 Å². The zero-order valence-electron chi connectivity index (χ0n) is 13.5. The summed E-state index contributed by atoms with van der Waals surface area (Å²) in [5.41, 5.74) is 0.222. The summed E-state index contributed by atoms with van der Waals surface area (Å²) < 4.78 is 20.9. The van der Waals surface area contributed by atoms with E-state index in [4.69, 9.17) is 4.74 Å². The van der Waals surface area contributed by atoms with Crippen LogP contribution in [0.5, 0.6) is 0 Å². The largest absolute Gasteiger partial charge is 0.384 e. The standard InChI is InChI=1S/C17H20FN3O2/c1-17(2,10-23-3)14(22)15-19-16-12(18)9-13(21(16)20-15)11-7-5-4-6-8-11/h4-8,12-13H,9-10H2,1-3H3/t12-,13-/m0/s1. The molecule has 2 heterocycles. The van der Waals surface area contributed by atoms with Gasteiger partial charge in [0, 0.05) is 13.5 Å². The van der Waals surface area contributed by atoms with Crippen LogP contribution in [0.4, 0.5) is 4.39 Å². The number of nitrogens with zero attached hydrogens (tertiary/aromatic N) is 3. The summed E-state index contributed by atoms with van der Waals surface area (Å²) in [6, 6.07) is 9.38. The van der Waals surface area contributed by atoms with Gasteiger partial charge in [-0.2, -0.15) is 0 Å². The molecule has 0 amide bonds. The van der Waals surface area contributed by atoms with Gasteiger partial charge in [-0.25, -0.2) is 14.1 Å². The molecule has 3 rings (SSSR count). The van der Waals surface area contributed by atoms with Crippen molar-refractivity contribution in [2.45, 2.75) is 32.5 Å². The molecule has 23 heavy (non-hydrogen) atoms. The van der Waals surface area contributed by atoms with E-state index in [-0.39, 0.29) is 30.1 Å². The molecule has 0 N–H and O–H groups in total. The van der Waals surface area contributed by atoms with Crippen LogP contribution in [-0.2, 0) is 4.74 Å². The molecule has 2 atom stereocenters. The molecule has 6 heteroatoms. The third-order valence-corrected chi connectivity index (χ3v) is 4.17. The molecule has 0 saturated carbocycles. The number of methoxy groups -OCH3 is 1. The first-order valence-corrected chi connectivity index (χ1v) is 7.63. The molecule has 2 aromatic rings. The molecule has 0 unspecified atom stereocenters. The molecular weight excluding hydrogens is 297 g/mol. The number of ether oxygens (including phenoxy) is 1. The van der Waals surface area contributed by atoms with Crippen LogP contribution in [0, 0.1) is 5.41 Å². The van der Waals surface area contributed by atoms with Crippen LogP contribution in [0.1, 0.15) is 54.5 Å². The molecule has 122 valence electrons. The van der Waals surface area contributed by atoms with Crippen LogP contribution in [0.3, 0.4) is 0 Å². The van der Waals surface area contributed by atoms with E-state index in [1.165, 1.54) is 0 Å². The van der Waals surface area contributed by atoms with Gasteiger partial charge in [0.2, 0.25) is 11.6 Å². The lowest BCUT2D eigenvalue weighted by molar-refractivity contribution is 0.0620. The molecule has 1 aromatic carbocycles. The van der Waals surface area contributed by atoms with E-state index in [1.807, 2.05) is 30.3 Å². The predicted molar refractivity (Wildman–Crippen MR) is 83.1 cm³/mol. The van der Waals surface area contributed by atoms with Crippen LogP contribution < -0.4 is 0 Å². The van der Waals surface area contributed by atoms with Crippen LogP contribution in [0.2, 0.25) is 0 Å². The van der Waals surface area contributed by atoms with Crippen molar-refractivity contribution in [3.63, 3.8) is 0 Å². The highest BCUT2D eigenvalue weighted by atomic mass is 19.1. The molecule has 1 aliphatic rings. The monoisotopic (exact) mass is 317 g/mol. The molecule has 0 bridgehead atoms. The number of aromatic nitrogens is 3. The average Bonchev–Trinajstić information content (AvgIpc) is 3.08. The van der Waals surface area contributed by atoms with Gasteiger partial charge in [-0.1, -0.05) is 44.2 Å². The number of alkyl halides is 1. The summed E-state index contributed by atoms with van der Waals surface area (Å²) in [5, 5.41) is 4.31. The third-order valence-electron chi connectivity index (χ3n) is 4.17. The molecule has 0 saturated heterocycles. The minimum Gasteiger partial charge on any atom is -0.384 e. The van der Waals surface area contributed by atoms with Crippen LogP contribution >= 0.6 is 0 Å². The number of hydrogen-bond acceptors (Lipinski definition) is 4. The van der Waals surface area contributed by atoms with Gasteiger partial charge in [-0.15, -0.1) is 5.10 Å². The first kappa shape index (κ1) is 15.8. The summed E-state index contributed by atoms with van der Waals surface area (Å²) in [5.74, 6) is 0.0565. The zero-order valence-corrected chi connectivity index (χ0v) is 13.5. The smallest absolute Gasteiger partial charge is 0.218 e. The van der Waals surface area contributed by atoms with Gasteiger partial charge in [0.05, 0.1) is 18.1 Å². The number of benzene rings is 1. The maximum atomic E-state index is 14.3. The van der Waals surface area contributed by atoms with Crippen molar-refractivity contribution in [2.24, 2.45) is 5.41 Å². The van der Waals surface area contributed by atoms with E-state index in [1.54, 1.807) is 25.6 Å². The van der Waals surface area contributed by atoms with E-state index in [0.717, 1.165) is 5.56 Å². The molecule has 0 radical (unpaired) electrons. The second-order valence-electron chi connectivity index (χ2n) is 6.51. The molecule has 0 spiro atoms. The first-order chi connectivity index (χ1) is 10.9. The van der Waals surface area contributed by atoms with Gasteiger partial charge in [0.25, 0.3) is 0 Å². The zero-order chi connectivity index (χ0) is 16.6. The van der Waals surface area contributed by atoms with Crippen LogP contribution in [0.15, 0.2) is 30.3 Å². The molecule has 0 aliphatic carbocycles. The highest BCUT2D eigenvalue weighted by Gasteiger charge is 2.39. The van der Waals surface area contributed by atoms with E-state index < -0.39 is 11.6 Å². The second-order valence-corrected chi connectivity index (χ2v) is 6.51. The summed E-state index contributed by atoms with van der Waals surface area (Å²) in [4.78, 5) is 16.7. The van der Waals surface area contributed by atoms with Crippen molar-refractivity contribution in [3.05, 3.63) is 47.5 Å². The first-order valence-electron chi connectivity index (χ1n) is 7.63. The fourth-order valence-corrected chi connectivity index (χ4v) is 2.96. The average molecular weight is 317 g/mol. The van der Waals surface area contributed by atoms with Crippen molar-refractivity contribution in [1.29, 1.82) is 0 Å². The summed E-state index contributed by atoms with van der Waals surface area (Å²) >= 11 is 0. The fraction of sp³-hybridized carbons (Fsp3) is 0.471. The Morgan fingerprint density at radius 1 is 1.39 bits per heavy atom. The number of hydrogen-bond donors (Lipinski definition) is 0. The number of ketones is 1. The van der Waals surface area contributed by atoms with Gasteiger partial charge >= 0.3 is 0 Å². The summed E-state index contributed by atoms with van der Waals surface area (Å²) in [6.07, 6.45) is -0.908. The minimum absolute atomic E-state index is 0.0605. The Kier molecular flexibility index (Phi) is 4.02. The van der Waals surface area contributed by atoms with Crippen molar-refractivity contribution in [3.8, 4) is 0 Å². The maximum absolute atomic E-state index is 14.3. The number of fused-ring (bicyclic) bond motifs is 1. The Balaban J connectivity index is 1.95. The van der Waals surface area contributed by atoms with Gasteiger partial charge < -0.3 is 4.74 Å². The Morgan fingerprint density at radius 2 is 2.09 bits per heavy atom. The van der Waals surface area contributed by atoms with Gasteiger partial charge in [-0.3, -0.25) is 4.79 Å². The number of carbonyl (C=O) groups is 1. The van der Waals surface area contributed by atoms with Crippen molar-refractivity contribution in [2.75, 3.05) is 13.7 Å². The minimum atomic E-state index is -1.21. The summed E-state index contributed by atoms with van der Waals surface area (Å²) in [6.45, 7) is 3.80. The van der Waals surface area contributed by atoms with E-state index in [2.05, 4.69) is 10.1 Å². The molecule has 5 nitrogen and oxygen atoms in total. The van der Waals surface area contributed by atoms with Gasteiger partial charge in [-0.05, 0) is 5.56 Å². The lowest BCUT2D eigenvalue weighted by atomic mass is 9.89. The molecular formula is C17H20FN3O2. The number of Topliss-reactive ketones (excluding diaryl/α,β-unsaturated/α-hetero) is 1. The van der Waals surface area contributed by atoms with Gasteiger partial charge in [0.1, 0.15) is 0 Å². The predicted octanol–water partition coefficient (Wildman–Crippen LogP) is 3.14. The number of halogens is 1. The van der Waals surface area contributed by atoms with E-state index in [0.29, 0.717) is 6.42 Å². The molecule has 0 fully saturated rings. The Morgan fingerprint density at radius 3 is 2.74 bits per heavy atom. The van der Waals surface area contributed by atoms with E-state index in [9.17, 15) is 9.18 Å². The quantitative estimate of drug-likeness (QED) is 0.795. The highest BCUT2D eigenvalue weighted by Crippen LogP contribution is 2.39. The second kappa shape index (κ2) is 5.85. The Bertz CT molecular complexity index is 712. The molecule has 1 aliphatic heterocycles. The SMILES string of the molecule is COCC(C)(C)C(=O)c1nc2n(n1)[C@H](c1ccccc1)C[C@@H]2F. The van der Waals surface area contributed by atoms with Crippen molar-refractivity contribution >= 4 is 5.78 Å². The lowest BCUT2D eigenvalue weighted by Crippen LogP contribution is -2.30. The normalized spacial score (nSPS) is 20.5. The van der Waals surface area contributed by atoms with Crippen molar-refractivity contribution in [1.82, 2.24) is 14.8 Å². The fourth-order valence-electron chi connectivity index (χ4n) is 2.96. The Hall–Kier alpha value is -2.08. The summed E-state index contributed by atoms with van der Waals surface area (Å²) in [7, 11) is 1.54. The van der Waals surface area contributed by atoms with Gasteiger partial charge in [0.15, 0.2) is 12.0 Å².